The van der Waals surface area contributed by atoms with E-state index in [4.69, 9.17) is 25.8 Å². The number of aromatic amines is 1. The minimum atomic E-state index is -4.47. The predicted molar refractivity (Wildman–Crippen MR) is 229 cm³/mol. The second-order valence-electron chi connectivity index (χ2n) is 15.4. The van der Waals surface area contributed by atoms with Crippen LogP contribution in [0.5, 0.6) is 17.4 Å². The van der Waals surface area contributed by atoms with Crippen molar-refractivity contribution >= 4 is 49.7 Å². The van der Waals surface area contributed by atoms with E-state index in [1.54, 1.807) is 24.4 Å². The number of carbonyl (C=O) groups is 1. The third-order valence-electron chi connectivity index (χ3n) is 10.6. The van der Waals surface area contributed by atoms with Gasteiger partial charge in [0.1, 0.15) is 34.6 Å². The van der Waals surface area contributed by atoms with Crippen molar-refractivity contribution < 1.29 is 27.4 Å². The normalized spacial score (nSPS) is 15.8. The summed E-state index contributed by atoms with van der Waals surface area (Å²) in [5.41, 5.74) is 5.63. The summed E-state index contributed by atoms with van der Waals surface area (Å²) in [5.74, 6) is -0.283. The lowest BCUT2D eigenvalue weighted by atomic mass is 9.72. The van der Waals surface area contributed by atoms with E-state index in [1.807, 2.05) is 36.4 Å². The summed E-state index contributed by atoms with van der Waals surface area (Å²) >= 11 is 6.19. The fraction of sp³-hybridized carbons (Fsp3) is 0.341. The van der Waals surface area contributed by atoms with Crippen molar-refractivity contribution in [2.24, 2.45) is 5.41 Å². The van der Waals surface area contributed by atoms with Gasteiger partial charge in [0.25, 0.3) is 15.9 Å². The maximum Gasteiger partial charge on any atom is 0.268 e. The summed E-state index contributed by atoms with van der Waals surface area (Å²) in [6, 6.07) is 23.4. The lowest BCUT2D eigenvalue weighted by molar-refractivity contribution is 0.0320. The largest absolute Gasteiger partial charge is 0.475 e. The van der Waals surface area contributed by atoms with Gasteiger partial charge in [-0.05, 0) is 84.3 Å². The zero-order valence-electron chi connectivity index (χ0n) is 33.1. The number of H-pyrrole nitrogens is 1. The Bertz CT molecular complexity index is 2470. The van der Waals surface area contributed by atoms with Crippen molar-refractivity contribution in [3.05, 3.63) is 112 Å². The molecule has 1 aliphatic carbocycles. The molecule has 4 N–H and O–H groups in total. The highest BCUT2D eigenvalue weighted by Gasteiger charge is 2.28. The number of allylic oxidation sites excluding steroid dienone is 1. The lowest BCUT2D eigenvalue weighted by Crippen LogP contribution is -2.38. The van der Waals surface area contributed by atoms with Crippen molar-refractivity contribution in [1.82, 2.24) is 24.9 Å². The lowest BCUT2D eigenvalue weighted by Gasteiger charge is -2.34. The SMILES string of the molecule is CC1(C)CCC(CNCCNc2ccc(C(=O)NS(=O)(=O)c3cnc(OCCN4CCOCC4)c(C#N)c3)c(Oc3cccc4[nH]ccc34)c2)=C(c2ccc(Cl)cc2)C1. The Morgan fingerprint density at radius 2 is 1.86 bits per heavy atom. The number of ether oxygens (including phenoxy) is 3. The zero-order valence-corrected chi connectivity index (χ0v) is 34.7. The average molecular weight is 838 g/mol. The van der Waals surface area contributed by atoms with Crippen molar-refractivity contribution in [2.45, 2.75) is 38.0 Å². The van der Waals surface area contributed by atoms with E-state index in [1.165, 1.54) is 22.8 Å². The fourth-order valence-electron chi connectivity index (χ4n) is 7.29. The quantitative estimate of drug-likeness (QED) is 0.0732. The molecule has 308 valence electrons. The minimum Gasteiger partial charge on any atom is -0.475 e. The molecule has 3 aromatic carbocycles. The number of nitrogens with zero attached hydrogens (tertiary/aromatic N) is 3. The zero-order chi connectivity index (χ0) is 41.4. The minimum absolute atomic E-state index is 0.0109. The second kappa shape index (κ2) is 18.7. The summed E-state index contributed by atoms with van der Waals surface area (Å²) in [7, 11) is -4.47. The van der Waals surface area contributed by atoms with Gasteiger partial charge in [0.2, 0.25) is 5.88 Å². The van der Waals surface area contributed by atoms with E-state index in [0.29, 0.717) is 44.3 Å². The smallest absolute Gasteiger partial charge is 0.268 e. The van der Waals surface area contributed by atoms with Crippen LogP contribution in [-0.2, 0) is 14.8 Å². The first-order chi connectivity index (χ1) is 28.5. The van der Waals surface area contributed by atoms with Gasteiger partial charge in [0.15, 0.2) is 0 Å². The molecule has 1 saturated heterocycles. The van der Waals surface area contributed by atoms with Crippen molar-refractivity contribution in [1.29, 1.82) is 5.26 Å². The van der Waals surface area contributed by atoms with E-state index >= 15 is 0 Å². The van der Waals surface area contributed by atoms with Gasteiger partial charge in [-0.15, -0.1) is 0 Å². The van der Waals surface area contributed by atoms with Crippen LogP contribution in [0.4, 0.5) is 5.69 Å². The van der Waals surface area contributed by atoms with Gasteiger partial charge in [0, 0.05) is 73.1 Å². The van der Waals surface area contributed by atoms with Crippen LogP contribution in [0, 0.1) is 16.7 Å². The highest BCUT2D eigenvalue weighted by molar-refractivity contribution is 7.90. The van der Waals surface area contributed by atoms with E-state index in [2.05, 4.69) is 56.2 Å². The number of fused-ring (bicyclic) bond motifs is 1. The van der Waals surface area contributed by atoms with Gasteiger partial charge < -0.3 is 29.8 Å². The fourth-order valence-corrected chi connectivity index (χ4v) is 8.36. The van der Waals surface area contributed by atoms with Crippen LogP contribution in [0.25, 0.3) is 16.5 Å². The van der Waals surface area contributed by atoms with Crippen molar-refractivity contribution in [3.63, 3.8) is 0 Å². The molecule has 0 radical (unpaired) electrons. The number of halogens is 1. The molecule has 0 spiro atoms. The number of morpholine rings is 1. The number of carbonyl (C=O) groups excluding carboxylic acids is 1. The Balaban J connectivity index is 1.04. The van der Waals surface area contributed by atoms with E-state index in [-0.39, 0.29) is 39.7 Å². The number of benzene rings is 3. The first kappa shape index (κ1) is 41.7. The van der Waals surface area contributed by atoms with Gasteiger partial charge in [-0.3, -0.25) is 9.69 Å². The average Bonchev–Trinajstić information content (AvgIpc) is 3.72. The Morgan fingerprint density at radius 1 is 1.05 bits per heavy atom. The molecule has 0 unspecified atom stereocenters. The van der Waals surface area contributed by atoms with Crippen LogP contribution >= 0.6 is 11.6 Å². The number of nitrogens with one attached hydrogen (secondary N) is 4. The summed E-state index contributed by atoms with van der Waals surface area (Å²) in [6.07, 6.45) is 5.99. The first-order valence-electron chi connectivity index (χ1n) is 19.7. The second-order valence-corrected chi connectivity index (χ2v) is 17.5. The molecular weight excluding hydrogens is 790 g/mol. The Hall–Kier alpha value is -5.43. The highest BCUT2D eigenvalue weighted by Crippen LogP contribution is 2.43. The highest BCUT2D eigenvalue weighted by atomic mass is 35.5. The van der Waals surface area contributed by atoms with Crippen LogP contribution in [0.2, 0.25) is 5.02 Å². The summed E-state index contributed by atoms with van der Waals surface area (Å²) in [5, 5.41) is 18.3. The molecule has 5 aromatic rings. The number of pyridine rings is 1. The summed E-state index contributed by atoms with van der Waals surface area (Å²) in [4.78, 5) is 22.8. The van der Waals surface area contributed by atoms with Crippen molar-refractivity contribution in [2.75, 3.05) is 64.4 Å². The standard InChI is InChI=1S/C44H48ClN7O6S/c1-44(2)14-12-31(38(26-44)30-6-8-33(45)9-7-30)28-47-16-17-48-34-10-11-37(41(25-34)58-40-5-3-4-39-36(40)13-15-49-39)42(53)51-59(54,55)35-24-32(27-46)43(50-29-35)57-23-20-52-18-21-56-22-19-52/h3-11,13,15,24-25,29,47-49H,12,14,16-23,26,28H2,1-2H3,(H,51,53). The maximum absolute atomic E-state index is 13.8. The Kier molecular flexibility index (Phi) is 13.2. The number of anilines is 1. The van der Waals surface area contributed by atoms with Crippen LogP contribution in [0.3, 0.4) is 0 Å². The molecule has 1 aliphatic heterocycles. The van der Waals surface area contributed by atoms with Gasteiger partial charge in [0.05, 0.1) is 25.0 Å². The van der Waals surface area contributed by atoms with Crippen LogP contribution in [0.1, 0.15) is 54.6 Å². The molecule has 3 heterocycles. The Labute approximate surface area is 349 Å². The number of hydrogen-bond acceptors (Lipinski definition) is 11. The number of sulfonamides is 1. The van der Waals surface area contributed by atoms with Gasteiger partial charge in [-0.2, -0.15) is 5.26 Å². The maximum atomic E-state index is 13.8. The van der Waals surface area contributed by atoms with E-state index in [9.17, 15) is 18.5 Å². The molecule has 0 bridgehead atoms. The van der Waals surface area contributed by atoms with Crippen molar-refractivity contribution in [3.8, 4) is 23.4 Å². The number of aromatic nitrogens is 2. The van der Waals surface area contributed by atoms with Crippen LogP contribution in [-0.4, -0.2) is 88.3 Å². The van der Waals surface area contributed by atoms with Gasteiger partial charge >= 0.3 is 0 Å². The molecule has 2 aromatic heterocycles. The van der Waals surface area contributed by atoms with Gasteiger partial charge in [-0.1, -0.05) is 49.2 Å². The van der Waals surface area contributed by atoms with Crippen LogP contribution in [0.15, 0.2) is 95.7 Å². The Morgan fingerprint density at radius 3 is 2.66 bits per heavy atom. The molecule has 7 rings (SSSR count). The van der Waals surface area contributed by atoms with E-state index < -0.39 is 15.9 Å². The number of hydrogen-bond donors (Lipinski definition) is 4. The number of amides is 1. The molecule has 0 atom stereocenters. The topological polar surface area (TPSA) is 171 Å². The summed E-state index contributed by atoms with van der Waals surface area (Å²) < 4.78 is 46.7. The molecule has 13 nitrogen and oxygen atoms in total. The van der Waals surface area contributed by atoms with Crippen LogP contribution < -0.4 is 24.8 Å². The number of nitriles is 1. The molecule has 59 heavy (non-hydrogen) atoms. The van der Waals surface area contributed by atoms with E-state index in [0.717, 1.165) is 67.1 Å². The third kappa shape index (κ3) is 10.6. The first-order valence-corrected chi connectivity index (χ1v) is 21.5. The predicted octanol–water partition coefficient (Wildman–Crippen LogP) is 7.38. The molecule has 2 aliphatic rings. The molecule has 0 saturated carbocycles. The van der Waals surface area contributed by atoms with Gasteiger partial charge in [-0.25, -0.2) is 18.1 Å². The number of rotatable bonds is 16. The molecule has 1 amide bonds. The molecule has 1 fully saturated rings. The third-order valence-corrected chi connectivity index (χ3v) is 12.1. The molecule has 15 heteroatoms. The monoisotopic (exact) mass is 837 g/mol. The molecular formula is C44H48ClN7O6S. The summed E-state index contributed by atoms with van der Waals surface area (Å²) in [6.45, 7) is 10.3.